The van der Waals surface area contributed by atoms with E-state index in [0.29, 0.717) is 25.3 Å². The Morgan fingerprint density at radius 1 is 1.15 bits per heavy atom. The standard InChI is InChI=1S/C16H27NO3/c1-11-8-12(13(9-11)15(19)20)14(18)17-10-16(2)6-4-3-5-7-16/h11-13H,3-10H2,1-2H3,(H,17,18)(H,19,20). The first-order valence-electron chi connectivity index (χ1n) is 7.92. The Balaban J connectivity index is 1.89. The number of carboxylic acids is 1. The Kier molecular flexibility index (Phi) is 4.71. The Labute approximate surface area is 121 Å². The summed E-state index contributed by atoms with van der Waals surface area (Å²) in [6, 6.07) is 0. The average molecular weight is 281 g/mol. The summed E-state index contributed by atoms with van der Waals surface area (Å²) >= 11 is 0. The summed E-state index contributed by atoms with van der Waals surface area (Å²) in [5, 5.41) is 12.3. The summed E-state index contributed by atoms with van der Waals surface area (Å²) in [5.74, 6) is -1.37. The molecule has 20 heavy (non-hydrogen) atoms. The number of nitrogens with one attached hydrogen (secondary N) is 1. The van der Waals surface area contributed by atoms with E-state index >= 15 is 0 Å². The molecule has 0 saturated heterocycles. The minimum Gasteiger partial charge on any atom is -0.481 e. The van der Waals surface area contributed by atoms with Crippen LogP contribution in [-0.2, 0) is 9.59 Å². The molecular weight excluding hydrogens is 254 g/mol. The molecular formula is C16H27NO3. The van der Waals surface area contributed by atoms with Crippen LogP contribution >= 0.6 is 0 Å². The maximum atomic E-state index is 12.3. The first-order chi connectivity index (χ1) is 9.41. The fourth-order valence-corrected chi connectivity index (χ4v) is 3.87. The van der Waals surface area contributed by atoms with Gasteiger partial charge in [-0.2, -0.15) is 0 Å². The molecule has 0 aromatic heterocycles. The van der Waals surface area contributed by atoms with Crippen LogP contribution in [0, 0.1) is 23.2 Å². The molecule has 2 rings (SSSR count). The highest BCUT2D eigenvalue weighted by Crippen LogP contribution is 2.38. The fourth-order valence-electron chi connectivity index (χ4n) is 3.87. The van der Waals surface area contributed by atoms with Crippen LogP contribution in [0.4, 0.5) is 0 Å². The number of carboxylic acid groups (broad SMARTS) is 1. The number of carbonyl (C=O) groups excluding carboxylic acids is 1. The zero-order chi connectivity index (χ0) is 14.8. The maximum absolute atomic E-state index is 12.3. The van der Waals surface area contributed by atoms with Gasteiger partial charge < -0.3 is 10.4 Å². The quantitative estimate of drug-likeness (QED) is 0.832. The van der Waals surface area contributed by atoms with E-state index in [9.17, 15) is 14.7 Å². The Morgan fingerprint density at radius 2 is 1.75 bits per heavy atom. The van der Waals surface area contributed by atoms with Gasteiger partial charge in [0.05, 0.1) is 11.8 Å². The summed E-state index contributed by atoms with van der Waals surface area (Å²) in [4.78, 5) is 23.6. The van der Waals surface area contributed by atoms with Gasteiger partial charge in [-0.15, -0.1) is 0 Å². The third kappa shape index (κ3) is 3.53. The molecule has 2 aliphatic carbocycles. The Bertz CT molecular complexity index is 374. The molecule has 2 saturated carbocycles. The topological polar surface area (TPSA) is 66.4 Å². The summed E-state index contributed by atoms with van der Waals surface area (Å²) in [7, 11) is 0. The van der Waals surface area contributed by atoms with Crippen molar-refractivity contribution in [2.24, 2.45) is 23.2 Å². The highest BCUT2D eigenvalue weighted by Gasteiger charge is 2.41. The zero-order valence-corrected chi connectivity index (χ0v) is 12.7. The smallest absolute Gasteiger partial charge is 0.307 e. The molecule has 4 nitrogen and oxygen atoms in total. The predicted molar refractivity (Wildman–Crippen MR) is 77.2 cm³/mol. The van der Waals surface area contributed by atoms with Gasteiger partial charge >= 0.3 is 5.97 Å². The highest BCUT2D eigenvalue weighted by atomic mass is 16.4. The van der Waals surface area contributed by atoms with Crippen LogP contribution < -0.4 is 5.32 Å². The van der Waals surface area contributed by atoms with Gasteiger partial charge in [-0.25, -0.2) is 0 Å². The molecule has 0 aromatic carbocycles. The zero-order valence-electron chi connectivity index (χ0n) is 12.7. The van der Waals surface area contributed by atoms with Crippen LogP contribution in [0.25, 0.3) is 0 Å². The van der Waals surface area contributed by atoms with E-state index in [1.165, 1.54) is 19.3 Å². The van der Waals surface area contributed by atoms with Crippen molar-refractivity contribution >= 4 is 11.9 Å². The van der Waals surface area contributed by atoms with Crippen LogP contribution in [-0.4, -0.2) is 23.5 Å². The van der Waals surface area contributed by atoms with Gasteiger partial charge in [-0.05, 0) is 37.0 Å². The first-order valence-corrected chi connectivity index (χ1v) is 7.92. The minimum absolute atomic E-state index is 0.0476. The summed E-state index contributed by atoms with van der Waals surface area (Å²) in [6.45, 7) is 4.97. The molecule has 3 atom stereocenters. The Hall–Kier alpha value is -1.06. The normalized spacial score (nSPS) is 32.8. The highest BCUT2D eigenvalue weighted by molar-refractivity contribution is 5.85. The van der Waals surface area contributed by atoms with Gasteiger partial charge in [0.25, 0.3) is 0 Å². The lowest BCUT2D eigenvalue weighted by Crippen LogP contribution is -2.41. The van der Waals surface area contributed by atoms with E-state index in [1.807, 2.05) is 6.92 Å². The van der Waals surface area contributed by atoms with Crippen molar-refractivity contribution in [2.45, 2.75) is 58.8 Å². The number of amides is 1. The molecule has 4 heteroatoms. The second-order valence-corrected chi connectivity index (χ2v) is 7.22. The third-order valence-corrected chi connectivity index (χ3v) is 5.20. The van der Waals surface area contributed by atoms with E-state index in [1.54, 1.807) is 0 Å². The minimum atomic E-state index is -0.821. The molecule has 0 spiro atoms. The lowest BCUT2D eigenvalue weighted by molar-refractivity contribution is -0.146. The first kappa shape index (κ1) is 15.3. The van der Waals surface area contributed by atoms with Crippen molar-refractivity contribution in [3.63, 3.8) is 0 Å². The van der Waals surface area contributed by atoms with Crippen LogP contribution in [0.2, 0.25) is 0 Å². The van der Waals surface area contributed by atoms with Crippen molar-refractivity contribution in [3.8, 4) is 0 Å². The second-order valence-electron chi connectivity index (χ2n) is 7.22. The molecule has 0 aliphatic heterocycles. The lowest BCUT2D eigenvalue weighted by atomic mass is 9.75. The van der Waals surface area contributed by atoms with Gasteiger partial charge in [0.2, 0.25) is 5.91 Å². The number of aliphatic carboxylic acids is 1. The molecule has 3 unspecified atom stereocenters. The number of carbonyl (C=O) groups is 2. The molecule has 2 fully saturated rings. The molecule has 2 N–H and O–H groups in total. The van der Waals surface area contributed by atoms with Gasteiger partial charge in [-0.1, -0.05) is 33.1 Å². The van der Waals surface area contributed by atoms with Crippen molar-refractivity contribution < 1.29 is 14.7 Å². The van der Waals surface area contributed by atoms with Crippen molar-refractivity contribution in [2.75, 3.05) is 6.54 Å². The van der Waals surface area contributed by atoms with E-state index in [-0.39, 0.29) is 17.2 Å². The SMILES string of the molecule is CC1CC(C(=O)O)C(C(=O)NCC2(C)CCCCC2)C1. The van der Waals surface area contributed by atoms with Gasteiger partial charge in [0, 0.05) is 6.54 Å². The molecule has 114 valence electrons. The van der Waals surface area contributed by atoms with Crippen molar-refractivity contribution in [1.29, 1.82) is 0 Å². The summed E-state index contributed by atoms with van der Waals surface area (Å²) < 4.78 is 0. The lowest BCUT2D eigenvalue weighted by Gasteiger charge is -2.34. The molecule has 2 aliphatic rings. The molecule has 0 radical (unpaired) electrons. The fraction of sp³-hybridized carbons (Fsp3) is 0.875. The van der Waals surface area contributed by atoms with Crippen molar-refractivity contribution in [3.05, 3.63) is 0 Å². The van der Waals surface area contributed by atoms with E-state index in [2.05, 4.69) is 12.2 Å². The number of rotatable bonds is 4. The van der Waals surface area contributed by atoms with Crippen LogP contribution in [0.3, 0.4) is 0 Å². The van der Waals surface area contributed by atoms with E-state index in [4.69, 9.17) is 0 Å². The molecule has 0 bridgehead atoms. The molecule has 0 aromatic rings. The third-order valence-electron chi connectivity index (χ3n) is 5.20. The van der Waals surface area contributed by atoms with Crippen LogP contribution in [0.15, 0.2) is 0 Å². The number of hydrogen-bond acceptors (Lipinski definition) is 2. The van der Waals surface area contributed by atoms with Gasteiger partial charge in [0.1, 0.15) is 0 Å². The van der Waals surface area contributed by atoms with Crippen molar-refractivity contribution in [1.82, 2.24) is 5.32 Å². The van der Waals surface area contributed by atoms with Gasteiger partial charge in [-0.3, -0.25) is 9.59 Å². The average Bonchev–Trinajstić information content (AvgIpc) is 2.79. The van der Waals surface area contributed by atoms with Crippen LogP contribution in [0.5, 0.6) is 0 Å². The van der Waals surface area contributed by atoms with Crippen LogP contribution in [0.1, 0.15) is 58.8 Å². The molecule has 0 heterocycles. The maximum Gasteiger partial charge on any atom is 0.307 e. The summed E-state index contributed by atoms with van der Waals surface area (Å²) in [5.41, 5.74) is 0.205. The second kappa shape index (κ2) is 6.15. The van der Waals surface area contributed by atoms with E-state index in [0.717, 1.165) is 12.8 Å². The Morgan fingerprint density at radius 3 is 2.35 bits per heavy atom. The van der Waals surface area contributed by atoms with Gasteiger partial charge in [0.15, 0.2) is 0 Å². The summed E-state index contributed by atoms with van der Waals surface area (Å²) in [6.07, 6.45) is 7.44. The monoisotopic (exact) mass is 281 g/mol. The number of hydrogen-bond donors (Lipinski definition) is 2. The largest absolute Gasteiger partial charge is 0.481 e. The van der Waals surface area contributed by atoms with E-state index < -0.39 is 11.9 Å². The predicted octanol–water partition coefficient (Wildman–Crippen LogP) is 2.82. The molecule has 1 amide bonds.